The lowest BCUT2D eigenvalue weighted by atomic mass is 9.68. The van der Waals surface area contributed by atoms with E-state index >= 15 is 0 Å². The summed E-state index contributed by atoms with van der Waals surface area (Å²) in [6.45, 7) is 4.43. The van der Waals surface area contributed by atoms with Crippen molar-refractivity contribution in [2.24, 2.45) is 11.8 Å². The van der Waals surface area contributed by atoms with Gasteiger partial charge in [-0.05, 0) is 36.8 Å². The van der Waals surface area contributed by atoms with E-state index in [1.54, 1.807) is 7.11 Å². The van der Waals surface area contributed by atoms with Gasteiger partial charge in [-0.25, -0.2) is 0 Å². The molecule has 20 heavy (non-hydrogen) atoms. The Morgan fingerprint density at radius 1 is 1.35 bits per heavy atom. The van der Waals surface area contributed by atoms with Crippen molar-refractivity contribution in [1.29, 1.82) is 5.26 Å². The number of anilines is 1. The lowest BCUT2D eigenvalue weighted by molar-refractivity contribution is 0.204. The zero-order chi connectivity index (χ0) is 14.6. The minimum Gasteiger partial charge on any atom is -0.495 e. The van der Waals surface area contributed by atoms with Gasteiger partial charge in [0.15, 0.2) is 0 Å². The molecule has 0 saturated heterocycles. The lowest BCUT2D eigenvalue weighted by Gasteiger charge is -2.42. The molecule has 1 aromatic carbocycles. The predicted molar refractivity (Wildman–Crippen MR) is 81.8 cm³/mol. The van der Waals surface area contributed by atoms with Crippen LogP contribution in [0.25, 0.3) is 0 Å². The van der Waals surface area contributed by atoms with Gasteiger partial charge >= 0.3 is 0 Å². The Labute approximate surface area is 121 Å². The molecule has 3 nitrogen and oxygen atoms in total. The van der Waals surface area contributed by atoms with Crippen LogP contribution in [0.5, 0.6) is 5.75 Å². The highest BCUT2D eigenvalue weighted by molar-refractivity contribution is 5.59. The fraction of sp³-hybridized carbons (Fsp3) is 0.588. The Kier molecular flexibility index (Phi) is 4.54. The maximum atomic E-state index is 9.83. The highest BCUT2D eigenvalue weighted by Gasteiger charge is 2.42. The second kappa shape index (κ2) is 6.17. The number of nitrogens with zero attached hydrogens (tertiary/aromatic N) is 1. The van der Waals surface area contributed by atoms with Crippen LogP contribution in [0.4, 0.5) is 5.69 Å². The van der Waals surface area contributed by atoms with Gasteiger partial charge in [-0.3, -0.25) is 0 Å². The second-order valence-corrected chi connectivity index (χ2v) is 6.00. The molecule has 0 radical (unpaired) electrons. The van der Waals surface area contributed by atoms with Gasteiger partial charge in [-0.1, -0.05) is 38.8 Å². The smallest absolute Gasteiger partial charge is 0.141 e. The topological polar surface area (TPSA) is 45.0 Å². The summed E-state index contributed by atoms with van der Waals surface area (Å²) < 4.78 is 5.40. The Bertz CT molecular complexity index is 492. The average molecular weight is 272 g/mol. The summed E-state index contributed by atoms with van der Waals surface area (Å²) in [5.41, 5.74) is 0.449. The minimum absolute atomic E-state index is 0.381. The summed E-state index contributed by atoms with van der Waals surface area (Å²) >= 11 is 0. The number of ether oxygens (including phenoxy) is 1. The van der Waals surface area contributed by atoms with Crippen molar-refractivity contribution in [3.63, 3.8) is 0 Å². The first-order chi connectivity index (χ1) is 9.63. The summed E-state index contributed by atoms with van der Waals surface area (Å²) in [7, 11) is 1.67. The predicted octanol–water partition coefficient (Wildman–Crippen LogP) is 4.22. The molecule has 108 valence electrons. The number of benzene rings is 1. The first-order valence-electron chi connectivity index (χ1n) is 7.45. The number of nitriles is 1. The van der Waals surface area contributed by atoms with Crippen LogP contribution in [0.2, 0.25) is 0 Å². The fourth-order valence-electron chi connectivity index (χ4n) is 3.41. The number of nitrogens with one attached hydrogen (secondary N) is 1. The third kappa shape index (κ3) is 2.75. The van der Waals surface area contributed by atoms with E-state index in [0.29, 0.717) is 11.8 Å². The van der Waals surface area contributed by atoms with E-state index in [1.165, 1.54) is 6.42 Å². The molecule has 1 aromatic rings. The molecule has 0 spiro atoms. The van der Waals surface area contributed by atoms with Crippen molar-refractivity contribution >= 4 is 5.69 Å². The largest absolute Gasteiger partial charge is 0.495 e. The van der Waals surface area contributed by atoms with Gasteiger partial charge in [0.1, 0.15) is 11.3 Å². The number of hydrogen-bond acceptors (Lipinski definition) is 3. The van der Waals surface area contributed by atoms with E-state index in [-0.39, 0.29) is 0 Å². The highest BCUT2D eigenvalue weighted by Crippen LogP contribution is 2.41. The number of hydrogen-bond donors (Lipinski definition) is 1. The van der Waals surface area contributed by atoms with Gasteiger partial charge in [-0.2, -0.15) is 5.26 Å². The standard InChI is InChI=1S/C17H24N2O/c1-13(2)14-8-6-7-11-17(14,12-18)19-15-9-4-5-10-16(15)20-3/h4-5,9-10,13-14,19H,6-8,11H2,1-3H3. The van der Waals surface area contributed by atoms with Crippen LogP contribution in [0.1, 0.15) is 39.5 Å². The maximum absolute atomic E-state index is 9.83. The van der Waals surface area contributed by atoms with Crippen molar-refractivity contribution < 1.29 is 4.74 Å². The molecule has 0 aliphatic heterocycles. The Balaban J connectivity index is 2.33. The third-order valence-electron chi connectivity index (χ3n) is 4.44. The second-order valence-electron chi connectivity index (χ2n) is 6.00. The number of methoxy groups -OCH3 is 1. The van der Waals surface area contributed by atoms with E-state index in [2.05, 4.69) is 25.2 Å². The first-order valence-corrected chi connectivity index (χ1v) is 7.45. The zero-order valence-electron chi connectivity index (χ0n) is 12.6. The van der Waals surface area contributed by atoms with Crippen LogP contribution in [-0.2, 0) is 0 Å². The molecule has 0 heterocycles. The van der Waals surface area contributed by atoms with Crippen molar-refractivity contribution in [1.82, 2.24) is 0 Å². The number of para-hydroxylation sites is 2. The summed E-state index contributed by atoms with van der Waals surface area (Å²) in [4.78, 5) is 0. The summed E-state index contributed by atoms with van der Waals surface area (Å²) in [5.74, 6) is 1.68. The van der Waals surface area contributed by atoms with Crippen molar-refractivity contribution in [2.45, 2.75) is 45.1 Å². The van der Waals surface area contributed by atoms with Gasteiger partial charge in [0.25, 0.3) is 0 Å². The molecule has 2 atom stereocenters. The molecule has 0 amide bonds. The van der Waals surface area contributed by atoms with E-state index in [9.17, 15) is 5.26 Å². The molecule has 1 N–H and O–H groups in total. The van der Waals surface area contributed by atoms with Crippen LogP contribution < -0.4 is 10.1 Å². The molecule has 1 fully saturated rings. The van der Waals surface area contributed by atoms with E-state index in [1.807, 2.05) is 24.3 Å². The van der Waals surface area contributed by atoms with Crippen LogP contribution in [0.3, 0.4) is 0 Å². The van der Waals surface area contributed by atoms with E-state index < -0.39 is 5.54 Å². The molecular weight excluding hydrogens is 248 g/mol. The van der Waals surface area contributed by atoms with E-state index in [0.717, 1.165) is 30.7 Å². The molecule has 0 aromatic heterocycles. The molecule has 1 aliphatic carbocycles. The highest BCUT2D eigenvalue weighted by atomic mass is 16.5. The first kappa shape index (κ1) is 14.7. The Hall–Kier alpha value is -1.69. The van der Waals surface area contributed by atoms with Crippen molar-refractivity contribution in [3.8, 4) is 11.8 Å². The Morgan fingerprint density at radius 2 is 2.10 bits per heavy atom. The molecule has 1 aliphatic rings. The zero-order valence-corrected chi connectivity index (χ0v) is 12.6. The average Bonchev–Trinajstić information content (AvgIpc) is 2.48. The minimum atomic E-state index is -0.471. The molecule has 1 saturated carbocycles. The molecule has 2 rings (SSSR count). The normalized spacial score (nSPS) is 26.1. The van der Waals surface area contributed by atoms with Gasteiger partial charge in [0, 0.05) is 0 Å². The summed E-state index contributed by atoms with van der Waals surface area (Å²) in [6.07, 6.45) is 4.36. The van der Waals surface area contributed by atoms with Crippen LogP contribution in [0, 0.1) is 23.2 Å². The maximum Gasteiger partial charge on any atom is 0.141 e. The molecule has 2 unspecified atom stereocenters. The Morgan fingerprint density at radius 3 is 2.75 bits per heavy atom. The van der Waals surface area contributed by atoms with Gasteiger partial charge in [-0.15, -0.1) is 0 Å². The number of rotatable bonds is 4. The van der Waals surface area contributed by atoms with Crippen LogP contribution >= 0.6 is 0 Å². The van der Waals surface area contributed by atoms with Crippen LogP contribution in [0.15, 0.2) is 24.3 Å². The SMILES string of the molecule is COc1ccccc1NC1(C#N)CCCCC1C(C)C. The summed E-state index contributed by atoms with van der Waals surface area (Å²) in [5, 5.41) is 13.3. The molecule has 0 bridgehead atoms. The molecule has 3 heteroatoms. The lowest BCUT2D eigenvalue weighted by Crippen LogP contribution is -2.48. The van der Waals surface area contributed by atoms with E-state index in [4.69, 9.17) is 4.74 Å². The fourth-order valence-corrected chi connectivity index (χ4v) is 3.41. The third-order valence-corrected chi connectivity index (χ3v) is 4.44. The van der Waals surface area contributed by atoms with Gasteiger partial charge in [0.2, 0.25) is 0 Å². The monoisotopic (exact) mass is 272 g/mol. The quantitative estimate of drug-likeness (QED) is 0.892. The summed E-state index contributed by atoms with van der Waals surface area (Å²) in [6, 6.07) is 10.4. The van der Waals surface area contributed by atoms with Crippen molar-refractivity contribution in [3.05, 3.63) is 24.3 Å². The molecular formula is C17H24N2O. The van der Waals surface area contributed by atoms with Crippen LogP contribution in [-0.4, -0.2) is 12.6 Å². The van der Waals surface area contributed by atoms with Gasteiger partial charge < -0.3 is 10.1 Å². The van der Waals surface area contributed by atoms with Crippen molar-refractivity contribution in [2.75, 3.05) is 12.4 Å². The van der Waals surface area contributed by atoms with Gasteiger partial charge in [0.05, 0.1) is 18.9 Å².